The average molecular weight is 379 g/mol. The molecular weight excluding hydrogens is 354 g/mol. The molecule has 1 N–H and O–H groups in total. The Bertz CT molecular complexity index is 915. The summed E-state index contributed by atoms with van der Waals surface area (Å²) in [5.41, 5.74) is 1.03. The molecule has 1 saturated carbocycles. The van der Waals surface area contributed by atoms with Crippen molar-refractivity contribution in [3.63, 3.8) is 0 Å². The van der Waals surface area contributed by atoms with Gasteiger partial charge in [-0.2, -0.15) is 0 Å². The van der Waals surface area contributed by atoms with Crippen LogP contribution in [-0.4, -0.2) is 39.4 Å². The quantitative estimate of drug-likeness (QED) is 0.886. The van der Waals surface area contributed by atoms with E-state index in [2.05, 4.69) is 20.3 Å². The fourth-order valence-electron chi connectivity index (χ4n) is 4.50. The minimum Gasteiger partial charge on any atom is -0.349 e. The Hall–Kier alpha value is -2.83. The van der Waals surface area contributed by atoms with Crippen molar-refractivity contribution in [2.75, 3.05) is 11.4 Å². The maximum atomic E-state index is 13.3. The summed E-state index contributed by atoms with van der Waals surface area (Å²) >= 11 is 0. The second kappa shape index (κ2) is 7.30. The summed E-state index contributed by atoms with van der Waals surface area (Å²) in [6, 6.07) is 5.30. The van der Waals surface area contributed by atoms with E-state index in [4.69, 9.17) is 0 Å². The average Bonchev–Trinajstić information content (AvgIpc) is 2.97. The van der Waals surface area contributed by atoms with E-state index in [-0.39, 0.29) is 17.9 Å². The fraction of sp³-hybridized carbons (Fsp3) is 0.476. The van der Waals surface area contributed by atoms with Gasteiger partial charge in [-0.1, -0.05) is 6.42 Å². The monoisotopic (exact) mass is 379 g/mol. The number of carbonyl (C=O) groups excluding carboxylic acids is 2. The molecule has 1 saturated heterocycles. The standard InChI is InChI=1S/C21H25N5O2/c1-14-12-16(5-9-22-14)19(27)25-17-4-3-7-21(13-17)8-11-26(20(21)28)18-6-10-23-15(2)24-18/h5-6,9-10,12,17H,3-4,7-8,11,13H2,1-2H3,(H,25,27)/t17-,21+/m1/s1. The number of anilines is 1. The number of hydrogen-bond acceptors (Lipinski definition) is 5. The minimum absolute atomic E-state index is 0.00533. The summed E-state index contributed by atoms with van der Waals surface area (Å²) in [4.78, 5) is 40.4. The third kappa shape index (κ3) is 3.48. The zero-order chi connectivity index (χ0) is 19.7. The lowest BCUT2D eigenvalue weighted by molar-refractivity contribution is -0.127. The van der Waals surface area contributed by atoms with Gasteiger partial charge in [-0.25, -0.2) is 9.97 Å². The summed E-state index contributed by atoms with van der Waals surface area (Å²) in [5, 5.41) is 3.13. The van der Waals surface area contributed by atoms with Gasteiger partial charge in [0.25, 0.3) is 5.91 Å². The third-order valence-electron chi connectivity index (χ3n) is 5.89. The molecule has 3 heterocycles. The highest BCUT2D eigenvalue weighted by Crippen LogP contribution is 2.45. The van der Waals surface area contributed by atoms with Crippen LogP contribution in [0.15, 0.2) is 30.6 Å². The molecule has 2 aromatic heterocycles. The van der Waals surface area contributed by atoms with Crippen molar-refractivity contribution in [3.8, 4) is 0 Å². The normalized spacial score (nSPS) is 24.6. The van der Waals surface area contributed by atoms with Crippen molar-refractivity contribution >= 4 is 17.6 Å². The van der Waals surface area contributed by atoms with Crippen LogP contribution in [0.1, 0.15) is 54.0 Å². The molecule has 0 radical (unpaired) electrons. The lowest BCUT2D eigenvalue weighted by atomic mass is 9.71. The van der Waals surface area contributed by atoms with E-state index >= 15 is 0 Å². The maximum absolute atomic E-state index is 13.3. The molecule has 0 bridgehead atoms. The van der Waals surface area contributed by atoms with Gasteiger partial charge in [0.1, 0.15) is 11.6 Å². The van der Waals surface area contributed by atoms with Crippen molar-refractivity contribution in [2.45, 2.75) is 52.0 Å². The van der Waals surface area contributed by atoms with Gasteiger partial charge in [0, 0.05) is 36.2 Å². The molecule has 2 aromatic rings. The molecule has 7 nitrogen and oxygen atoms in total. The van der Waals surface area contributed by atoms with E-state index in [1.54, 1.807) is 35.5 Å². The Kier molecular flexibility index (Phi) is 4.83. The van der Waals surface area contributed by atoms with Gasteiger partial charge >= 0.3 is 0 Å². The van der Waals surface area contributed by atoms with Crippen molar-refractivity contribution in [2.24, 2.45) is 5.41 Å². The lowest BCUT2D eigenvalue weighted by Crippen LogP contribution is -2.46. The van der Waals surface area contributed by atoms with Crippen LogP contribution >= 0.6 is 0 Å². The predicted octanol–water partition coefficient (Wildman–Crippen LogP) is 2.58. The molecule has 1 aliphatic heterocycles. The number of hydrogen-bond donors (Lipinski definition) is 1. The SMILES string of the molecule is Cc1cc(C(=O)N[C@@H]2CCC[C@]3(CCN(c4ccnc(C)n4)C3=O)C2)ccn1. The second-order valence-corrected chi connectivity index (χ2v) is 7.90. The van der Waals surface area contributed by atoms with E-state index in [1.165, 1.54) is 0 Å². The Balaban J connectivity index is 1.47. The van der Waals surface area contributed by atoms with Crippen LogP contribution < -0.4 is 10.2 Å². The van der Waals surface area contributed by atoms with E-state index in [1.807, 2.05) is 13.8 Å². The van der Waals surface area contributed by atoms with Gasteiger partial charge < -0.3 is 5.32 Å². The molecule has 2 amide bonds. The highest BCUT2D eigenvalue weighted by Gasteiger charge is 2.50. The zero-order valence-electron chi connectivity index (χ0n) is 16.3. The molecular formula is C21H25N5O2. The van der Waals surface area contributed by atoms with Crippen LogP contribution in [0.3, 0.4) is 0 Å². The number of amides is 2. The van der Waals surface area contributed by atoms with Crippen LogP contribution in [0, 0.1) is 19.3 Å². The van der Waals surface area contributed by atoms with Crippen molar-refractivity contribution in [1.82, 2.24) is 20.3 Å². The molecule has 1 aliphatic carbocycles. The first-order chi connectivity index (χ1) is 13.5. The van der Waals surface area contributed by atoms with Crippen LogP contribution in [0.4, 0.5) is 5.82 Å². The Morgan fingerprint density at radius 2 is 2.04 bits per heavy atom. The molecule has 2 aliphatic rings. The van der Waals surface area contributed by atoms with Crippen molar-refractivity contribution < 1.29 is 9.59 Å². The van der Waals surface area contributed by atoms with Gasteiger partial charge in [-0.3, -0.25) is 19.5 Å². The Morgan fingerprint density at radius 3 is 2.82 bits per heavy atom. The molecule has 146 valence electrons. The molecule has 28 heavy (non-hydrogen) atoms. The Labute approximate surface area is 164 Å². The molecule has 7 heteroatoms. The summed E-state index contributed by atoms with van der Waals surface area (Å²) in [7, 11) is 0. The van der Waals surface area contributed by atoms with Crippen LogP contribution in [0.25, 0.3) is 0 Å². The minimum atomic E-state index is -0.400. The van der Waals surface area contributed by atoms with E-state index < -0.39 is 5.41 Å². The van der Waals surface area contributed by atoms with E-state index in [9.17, 15) is 9.59 Å². The van der Waals surface area contributed by atoms with Crippen molar-refractivity contribution in [1.29, 1.82) is 0 Å². The smallest absolute Gasteiger partial charge is 0.251 e. The van der Waals surface area contributed by atoms with Crippen LogP contribution in [-0.2, 0) is 4.79 Å². The molecule has 0 aromatic carbocycles. The predicted molar refractivity (Wildman–Crippen MR) is 105 cm³/mol. The molecule has 1 spiro atoms. The Morgan fingerprint density at radius 1 is 1.21 bits per heavy atom. The number of rotatable bonds is 3. The number of carbonyl (C=O) groups is 2. The highest BCUT2D eigenvalue weighted by molar-refractivity contribution is 5.99. The first-order valence-corrected chi connectivity index (χ1v) is 9.82. The second-order valence-electron chi connectivity index (χ2n) is 7.90. The molecule has 2 fully saturated rings. The van der Waals surface area contributed by atoms with Gasteiger partial charge in [-0.05, 0) is 57.7 Å². The summed E-state index contributed by atoms with van der Waals surface area (Å²) in [5.74, 6) is 1.37. The fourth-order valence-corrected chi connectivity index (χ4v) is 4.50. The largest absolute Gasteiger partial charge is 0.349 e. The number of aromatic nitrogens is 3. The van der Waals surface area contributed by atoms with Crippen molar-refractivity contribution in [3.05, 3.63) is 47.7 Å². The molecule has 0 unspecified atom stereocenters. The lowest BCUT2D eigenvalue weighted by Gasteiger charge is -2.36. The topological polar surface area (TPSA) is 88.1 Å². The maximum Gasteiger partial charge on any atom is 0.251 e. The van der Waals surface area contributed by atoms with Gasteiger partial charge in [0.15, 0.2) is 0 Å². The number of aryl methyl sites for hydroxylation is 2. The highest BCUT2D eigenvalue weighted by atomic mass is 16.2. The first-order valence-electron chi connectivity index (χ1n) is 9.82. The van der Waals surface area contributed by atoms with Crippen LogP contribution in [0.2, 0.25) is 0 Å². The third-order valence-corrected chi connectivity index (χ3v) is 5.89. The number of pyridine rings is 1. The summed E-state index contributed by atoms with van der Waals surface area (Å²) < 4.78 is 0. The molecule has 2 atom stereocenters. The van der Waals surface area contributed by atoms with Crippen LogP contribution in [0.5, 0.6) is 0 Å². The first kappa shape index (κ1) is 18.5. The van der Waals surface area contributed by atoms with E-state index in [0.717, 1.165) is 31.4 Å². The van der Waals surface area contributed by atoms with Gasteiger partial charge in [0.2, 0.25) is 5.91 Å². The number of nitrogens with zero attached hydrogens (tertiary/aromatic N) is 4. The zero-order valence-corrected chi connectivity index (χ0v) is 16.3. The van der Waals surface area contributed by atoms with Gasteiger partial charge in [0.05, 0.1) is 5.41 Å². The molecule has 4 rings (SSSR count). The summed E-state index contributed by atoms with van der Waals surface area (Å²) in [6.07, 6.45) is 7.52. The summed E-state index contributed by atoms with van der Waals surface area (Å²) in [6.45, 7) is 4.36. The van der Waals surface area contributed by atoms with Gasteiger partial charge in [-0.15, -0.1) is 0 Å². The number of nitrogens with one attached hydrogen (secondary N) is 1. The van der Waals surface area contributed by atoms with E-state index in [0.29, 0.717) is 30.2 Å².